The van der Waals surface area contributed by atoms with Crippen LogP contribution in [0.3, 0.4) is 0 Å². The number of thiazole rings is 1. The number of esters is 2. The molecule has 0 saturated carbocycles. The fraction of sp³-hybridized carbons (Fsp3) is 0.292. The second-order valence-electron chi connectivity index (χ2n) is 16.5. The average Bonchev–Trinajstić information content (AvgIpc) is 3.78. The highest BCUT2D eigenvalue weighted by Gasteiger charge is 2.55. The quantitative estimate of drug-likeness (QED) is 0.0228. The molecule has 2 aromatic heterocycles. The lowest BCUT2D eigenvalue weighted by Gasteiger charge is -2.49. The number of amides is 3. The number of oxime groups is 1. The van der Waals surface area contributed by atoms with Crippen LogP contribution in [-0.2, 0) is 44.8 Å². The van der Waals surface area contributed by atoms with Gasteiger partial charge in [0.2, 0.25) is 5.60 Å². The molecule has 7 rings (SSSR count). The predicted molar refractivity (Wildman–Crippen MR) is 254 cm³/mol. The summed E-state index contributed by atoms with van der Waals surface area (Å²) in [5.74, 6) is -1.54. The zero-order valence-electron chi connectivity index (χ0n) is 37.4. The summed E-state index contributed by atoms with van der Waals surface area (Å²) in [6, 6.07) is 28.1. The lowest BCUT2D eigenvalue weighted by Crippen LogP contribution is -2.71. The Kier molecular flexibility index (Phi) is 15.3. The van der Waals surface area contributed by atoms with Gasteiger partial charge >= 0.3 is 18.0 Å². The highest BCUT2D eigenvalue weighted by atomic mass is 32.2. The standard InChI is InChI=1S/C48H48N6O10S3/c1-47(2,3)63-46(59)52-45-50-35(28-67-45)36(53-64-48(4,5)44(58)62-39(30-13-9-7-10-14-30)31-15-11-8-12-16-31)40(55)51-37-41(56)54-38(43(57)61-25-29-17-19-33(60-6)20-18-29)32(27-66-42(37)54)26-65-34-21-23-49-24-22-34/h7-24,28,37,39,42H,25-27H2,1-6H3,(H,51,55)(H,50,52,59)/t37-,42-/m1/s1. The first-order chi connectivity index (χ1) is 32.1. The number of aromatic nitrogens is 2. The van der Waals surface area contributed by atoms with Gasteiger partial charge in [-0.05, 0) is 81.1 Å². The molecule has 19 heteroatoms. The number of methoxy groups -OCH3 is 1. The number of hydrogen-bond acceptors (Lipinski definition) is 16. The van der Waals surface area contributed by atoms with Crippen LogP contribution in [0.1, 0.15) is 63.1 Å². The van der Waals surface area contributed by atoms with Crippen molar-refractivity contribution >= 4 is 75.6 Å². The molecule has 0 spiro atoms. The first-order valence-corrected chi connectivity index (χ1v) is 23.8. The summed E-state index contributed by atoms with van der Waals surface area (Å²) in [5, 5.41) is 10.3. The Hall–Kier alpha value is -6.70. The number of β-lactam (4-membered cyclic amide) rings is 1. The van der Waals surface area contributed by atoms with Crippen LogP contribution in [0.4, 0.5) is 9.93 Å². The normalized spacial score (nSPS) is 16.1. The average molecular weight is 965 g/mol. The molecule has 0 bridgehead atoms. The summed E-state index contributed by atoms with van der Waals surface area (Å²) < 4.78 is 22.5. The van der Waals surface area contributed by atoms with Crippen molar-refractivity contribution in [3.8, 4) is 5.75 Å². The number of fused-ring (bicyclic) bond motifs is 1. The smallest absolute Gasteiger partial charge is 0.413 e. The molecular formula is C48H48N6O10S3. The lowest BCUT2D eigenvalue weighted by molar-refractivity contribution is -0.172. The van der Waals surface area contributed by atoms with E-state index in [1.165, 1.54) is 47.7 Å². The zero-order chi connectivity index (χ0) is 47.7. The van der Waals surface area contributed by atoms with Crippen molar-refractivity contribution in [2.45, 2.75) is 74.8 Å². The van der Waals surface area contributed by atoms with Crippen LogP contribution in [0.5, 0.6) is 5.75 Å². The molecule has 1 saturated heterocycles. The van der Waals surface area contributed by atoms with Crippen molar-refractivity contribution in [1.29, 1.82) is 0 Å². The third-order valence-electron chi connectivity index (χ3n) is 9.97. The summed E-state index contributed by atoms with van der Waals surface area (Å²) in [6.07, 6.45) is 1.77. The highest BCUT2D eigenvalue weighted by molar-refractivity contribution is 8.01. The van der Waals surface area contributed by atoms with Crippen molar-refractivity contribution in [2.75, 3.05) is 23.9 Å². The SMILES string of the molecule is COc1ccc(COC(=O)C2=C(CSc3ccncc3)CS[C@@H]3[C@H](NC(=O)C(=NOC(C)(C)C(=O)OC(c4ccccc4)c4ccccc4)c4csc(NC(=O)OC(C)(C)C)n4)C(=O)N23)cc1. The third kappa shape index (κ3) is 12.2. The summed E-state index contributed by atoms with van der Waals surface area (Å²) in [5.41, 5.74) is -0.0715. The van der Waals surface area contributed by atoms with Gasteiger partial charge in [0, 0.05) is 34.2 Å². The molecule has 2 atom stereocenters. The fourth-order valence-corrected chi connectivity index (χ4v) is 9.65. The zero-order valence-corrected chi connectivity index (χ0v) is 39.9. The van der Waals surface area contributed by atoms with E-state index in [2.05, 4.69) is 25.8 Å². The number of carbonyl (C=O) groups is 5. The maximum absolute atomic E-state index is 14.4. The maximum atomic E-state index is 14.4. The number of rotatable bonds is 17. The predicted octanol–water partition coefficient (Wildman–Crippen LogP) is 7.92. The van der Waals surface area contributed by atoms with Gasteiger partial charge in [-0.2, -0.15) is 0 Å². The van der Waals surface area contributed by atoms with Crippen molar-refractivity contribution in [3.63, 3.8) is 0 Å². The summed E-state index contributed by atoms with van der Waals surface area (Å²) in [6.45, 7) is 7.95. The molecule has 5 aromatic rings. The molecule has 348 valence electrons. The van der Waals surface area contributed by atoms with E-state index in [1.807, 2.05) is 72.8 Å². The number of anilines is 1. The molecule has 4 heterocycles. The van der Waals surface area contributed by atoms with Crippen LogP contribution in [0.25, 0.3) is 0 Å². The minimum absolute atomic E-state index is 0.0396. The molecule has 0 unspecified atom stereocenters. The maximum Gasteiger partial charge on any atom is 0.413 e. The monoisotopic (exact) mass is 964 g/mol. The number of nitrogens with zero attached hydrogens (tertiary/aromatic N) is 4. The van der Waals surface area contributed by atoms with E-state index in [-0.39, 0.29) is 23.1 Å². The Morgan fingerprint density at radius 3 is 2.19 bits per heavy atom. The molecule has 3 amide bonds. The molecule has 2 aliphatic heterocycles. The molecule has 2 aliphatic rings. The van der Waals surface area contributed by atoms with Gasteiger partial charge in [0.1, 0.15) is 40.8 Å². The molecule has 1 fully saturated rings. The largest absolute Gasteiger partial charge is 0.497 e. The van der Waals surface area contributed by atoms with Gasteiger partial charge in [0.15, 0.2) is 16.9 Å². The summed E-state index contributed by atoms with van der Waals surface area (Å²) >= 11 is 3.84. The number of hydrogen-bond donors (Lipinski definition) is 2. The van der Waals surface area contributed by atoms with E-state index < -0.39 is 64.3 Å². The van der Waals surface area contributed by atoms with E-state index in [0.717, 1.165) is 27.4 Å². The van der Waals surface area contributed by atoms with Crippen LogP contribution in [0, 0.1) is 0 Å². The van der Waals surface area contributed by atoms with Gasteiger partial charge in [-0.1, -0.05) is 78.0 Å². The molecular weight excluding hydrogens is 917 g/mol. The Labute approximate surface area is 399 Å². The minimum atomic E-state index is -1.76. The Morgan fingerprint density at radius 2 is 1.57 bits per heavy atom. The number of carbonyl (C=O) groups excluding carboxylic acids is 5. The van der Waals surface area contributed by atoms with E-state index in [0.29, 0.717) is 28.4 Å². The first-order valence-electron chi connectivity index (χ1n) is 20.9. The van der Waals surface area contributed by atoms with Gasteiger partial charge in [0.25, 0.3) is 11.8 Å². The molecule has 3 aromatic carbocycles. The van der Waals surface area contributed by atoms with Gasteiger partial charge in [-0.15, -0.1) is 34.9 Å². The van der Waals surface area contributed by atoms with Crippen LogP contribution >= 0.6 is 34.9 Å². The molecule has 16 nitrogen and oxygen atoms in total. The van der Waals surface area contributed by atoms with E-state index in [4.69, 9.17) is 23.8 Å². The summed E-state index contributed by atoms with van der Waals surface area (Å²) in [4.78, 5) is 85.7. The van der Waals surface area contributed by atoms with Crippen LogP contribution in [0.15, 0.2) is 136 Å². The van der Waals surface area contributed by atoms with Gasteiger partial charge < -0.3 is 29.1 Å². The van der Waals surface area contributed by atoms with E-state index in [9.17, 15) is 24.0 Å². The van der Waals surface area contributed by atoms with Crippen LogP contribution in [0.2, 0.25) is 0 Å². The number of pyridine rings is 1. The Balaban J connectivity index is 1.13. The number of ether oxygens (including phenoxy) is 4. The Morgan fingerprint density at radius 1 is 0.910 bits per heavy atom. The second kappa shape index (κ2) is 21.3. The van der Waals surface area contributed by atoms with Crippen molar-refractivity contribution in [3.05, 3.63) is 148 Å². The molecule has 0 radical (unpaired) electrons. The molecule has 67 heavy (non-hydrogen) atoms. The fourth-order valence-electron chi connectivity index (χ4n) is 6.60. The topological polar surface area (TPSA) is 197 Å². The summed E-state index contributed by atoms with van der Waals surface area (Å²) in [7, 11) is 1.56. The van der Waals surface area contributed by atoms with Gasteiger partial charge in [-0.25, -0.2) is 19.4 Å². The van der Waals surface area contributed by atoms with Crippen LogP contribution < -0.4 is 15.4 Å². The third-order valence-corrected chi connectivity index (χ3v) is 13.2. The minimum Gasteiger partial charge on any atom is -0.497 e. The molecule has 2 N–H and O–H groups in total. The van der Waals surface area contributed by atoms with Crippen LogP contribution in [-0.4, -0.2) is 91.7 Å². The van der Waals surface area contributed by atoms with Gasteiger partial charge in [0.05, 0.1) is 7.11 Å². The van der Waals surface area contributed by atoms with Crippen molar-refractivity contribution in [1.82, 2.24) is 20.2 Å². The number of benzene rings is 3. The lowest BCUT2D eigenvalue weighted by atomic mass is 10.0. The highest BCUT2D eigenvalue weighted by Crippen LogP contribution is 2.42. The number of nitrogens with one attached hydrogen (secondary N) is 2. The van der Waals surface area contributed by atoms with Gasteiger partial charge in [-0.3, -0.25) is 24.8 Å². The van der Waals surface area contributed by atoms with Crippen molar-refractivity contribution in [2.24, 2.45) is 5.16 Å². The van der Waals surface area contributed by atoms with Crippen molar-refractivity contribution < 1.29 is 47.8 Å². The Bertz CT molecular complexity index is 2600. The molecule has 0 aliphatic carbocycles. The van der Waals surface area contributed by atoms with E-state index in [1.54, 1.807) is 64.5 Å². The second-order valence-corrected chi connectivity index (χ2v) is 19.5. The van der Waals surface area contributed by atoms with E-state index >= 15 is 0 Å². The first kappa shape index (κ1) is 48.2. The number of thioether (sulfide) groups is 2.